The molecule has 1 fully saturated rings. The maximum absolute atomic E-state index is 12.7. The van der Waals surface area contributed by atoms with Crippen LogP contribution in [0.1, 0.15) is 13.8 Å². The third-order valence-electron chi connectivity index (χ3n) is 3.73. The average molecular weight is 364 g/mol. The number of halogens is 3. The molecule has 0 N–H and O–H groups in total. The number of nitrogens with zero attached hydrogens (tertiary/aromatic N) is 4. The molecule has 2 rings (SSSR count). The van der Waals surface area contributed by atoms with E-state index >= 15 is 0 Å². The molecule has 0 atom stereocenters. The van der Waals surface area contributed by atoms with Crippen molar-refractivity contribution in [3.8, 4) is 0 Å². The Labute approximate surface area is 144 Å². The van der Waals surface area contributed by atoms with E-state index in [-0.39, 0.29) is 19.0 Å². The molecule has 136 valence electrons. The van der Waals surface area contributed by atoms with Crippen molar-refractivity contribution >= 4 is 22.4 Å². The van der Waals surface area contributed by atoms with Crippen molar-refractivity contribution in [2.75, 3.05) is 50.7 Å². The molecule has 5 nitrogen and oxygen atoms in total. The second-order valence-electron chi connectivity index (χ2n) is 6.36. The molecule has 1 aromatic rings. The summed E-state index contributed by atoms with van der Waals surface area (Å²) in [7, 11) is 0. The van der Waals surface area contributed by atoms with E-state index < -0.39 is 18.6 Å². The van der Waals surface area contributed by atoms with E-state index in [0.29, 0.717) is 13.1 Å². The number of thiazole rings is 1. The highest BCUT2D eigenvalue weighted by atomic mass is 32.1. The molecule has 24 heavy (non-hydrogen) atoms. The van der Waals surface area contributed by atoms with Crippen LogP contribution in [0.25, 0.3) is 0 Å². The van der Waals surface area contributed by atoms with Gasteiger partial charge in [0.05, 0.1) is 6.54 Å². The van der Waals surface area contributed by atoms with E-state index in [4.69, 9.17) is 0 Å². The van der Waals surface area contributed by atoms with Gasteiger partial charge in [-0.25, -0.2) is 4.98 Å². The molecule has 1 aliphatic rings. The first-order valence-corrected chi connectivity index (χ1v) is 8.84. The predicted octanol–water partition coefficient (Wildman–Crippen LogP) is 2.31. The third kappa shape index (κ3) is 5.94. The molecule has 0 aromatic carbocycles. The molecular weight excluding hydrogens is 341 g/mol. The first kappa shape index (κ1) is 19.0. The summed E-state index contributed by atoms with van der Waals surface area (Å²) in [4.78, 5) is 21.5. The van der Waals surface area contributed by atoms with Crippen LogP contribution in [0.5, 0.6) is 0 Å². The predicted molar refractivity (Wildman–Crippen MR) is 88.2 cm³/mol. The normalized spacial score (nSPS) is 16.7. The van der Waals surface area contributed by atoms with Gasteiger partial charge in [0, 0.05) is 44.3 Å². The van der Waals surface area contributed by atoms with Gasteiger partial charge in [-0.2, -0.15) is 13.2 Å². The minimum atomic E-state index is -4.37. The number of hydrogen-bond donors (Lipinski definition) is 0. The van der Waals surface area contributed by atoms with Crippen LogP contribution in [0.15, 0.2) is 11.6 Å². The molecule has 9 heteroatoms. The van der Waals surface area contributed by atoms with Crippen LogP contribution in [0.3, 0.4) is 0 Å². The van der Waals surface area contributed by atoms with Crippen LogP contribution < -0.4 is 4.90 Å². The van der Waals surface area contributed by atoms with Gasteiger partial charge in [0.2, 0.25) is 5.91 Å². The quantitative estimate of drug-likeness (QED) is 0.777. The van der Waals surface area contributed by atoms with Gasteiger partial charge >= 0.3 is 6.18 Å². The zero-order valence-corrected chi connectivity index (χ0v) is 14.7. The molecule has 1 saturated heterocycles. The van der Waals surface area contributed by atoms with Gasteiger partial charge < -0.3 is 9.80 Å². The summed E-state index contributed by atoms with van der Waals surface area (Å²) in [5.41, 5.74) is 0. The van der Waals surface area contributed by atoms with Gasteiger partial charge in [0.15, 0.2) is 5.13 Å². The second kappa shape index (κ2) is 8.15. The molecule has 1 aromatic heterocycles. The molecule has 0 bridgehead atoms. The van der Waals surface area contributed by atoms with Crippen LogP contribution in [0.4, 0.5) is 18.3 Å². The standard InChI is InChI=1S/C15H23F3N4OS/c1-12(2)9-22(11-15(16,17)18)13(23)10-20-4-6-21(7-5-20)14-19-3-8-24-14/h3,8,12H,4-7,9-11H2,1-2H3. The van der Waals surface area contributed by atoms with E-state index in [0.717, 1.165) is 23.1 Å². The Bertz CT molecular complexity index is 513. The number of anilines is 1. The van der Waals surface area contributed by atoms with E-state index in [1.54, 1.807) is 17.5 Å². The molecule has 0 aliphatic carbocycles. The second-order valence-corrected chi connectivity index (χ2v) is 7.23. The first-order chi connectivity index (χ1) is 11.2. The Morgan fingerprint density at radius 3 is 2.50 bits per heavy atom. The zero-order valence-electron chi connectivity index (χ0n) is 13.9. The Balaban J connectivity index is 1.86. The van der Waals surface area contributed by atoms with Gasteiger partial charge in [-0.1, -0.05) is 13.8 Å². The number of piperazine rings is 1. The van der Waals surface area contributed by atoms with E-state index in [1.807, 2.05) is 24.1 Å². The van der Waals surface area contributed by atoms with E-state index in [2.05, 4.69) is 9.88 Å². The minimum absolute atomic E-state index is 0.00181. The summed E-state index contributed by atoms with van der Waals surface area (Å²) in [5.74, 6) is -0.457. The fraction of sp³-hybridized carbons (Fsp3) is 0.733. The minimum Gasteiger partial charge on any atom is -0.346 e. The highest BCUT2D eigenvalue weighted by Gasteiger charge is 2.34. The number of rotatable bonds is 6. The lowest BCUT2D eigenvalue weighted by molar-refractivity contribution is -0.162. The fourth-order valence-electron chi connectivity index (χ4n) is 2.67. The van der Waals surface area contributed by atoms with Crippen molar-refractivity contribution in [1.29, 1.82) is 0 Å². The summed E-state index contributed by atoms with van der Waals surface area (Å²) >= 11 is 1.56. The van der Waals surface area contributed by atoms with Crippen molar-refractivity contribution in [2.24, 2.45) is 5.92 Å². The number of carbonyl (C=O) groups excluding carboxylic acids is 1. The Morgan fingerprint density at radius 1 is 1.33 bits per heavy atom. The van der Waals surface area contributed by atoms with E-state index in [9.17, 15) is 18.0 Å². The van der Waals surface area contributed by atoms with Gasteiger partial charge in [0.25, 0.3) is 0 Å². The largest absolute Gasteiger partial charge is 0.406 e. The summed E-state index contributed by atoms with van der Waals surface area (Å²) in [6.07, 6.45) is -2.62. The van der Waals surface area contributed by atoms with Crippen molar-refractivity contribution in [3.63, 3.8) is 0 Å². The lowest BCUT2D eigenvalue weighted by Crippen LogP contribution is -2.51. The number of aromatic nitrogens is 1. The van der Waals surface area contributed by atoms with Crippen LogP contribution in [-0.2, 0) is 4.79 Å². The lowest BCUT2D eigenvalue weighted by atomic mass is 10.2. The number of amides is 1. The third-order valence-corrected chi connectivity index (χ3v) is 4.56. The van der Waals surface area contributed by atoms with Gasteiger partial charge in [0.1, 0.15) is 6.54 Å². The molecule has 0 saturated carbocycles. The smallest absolute Gasteiger partial charge is 0.346 e. The highest BCUT2D eigenvalue weighted by molar-refractivity contribution is 7.13. The Hall–Kier alpha value is -1.35. The van der Waals surface area contributed by atoms with Crippen molar-refractivity contribution < 1.29 is 18.0 Å². The van der Waals surface area contributed by atoms with Crippen molar-refractivity contribution in [1.82, 2.24) is 14.8 Å². The molecule has 0 spiro atoms. The van der Waals surface area contributed by atoms with Crippen LogP contribution in [-0.4, -0.2) is 72.7 Å². The maximum atomic E-state index is 12.7. The summed E-state index contributed by atoms with van der Waals surface area (Å²) in [6.45, 7) is 5.34. The SMILES string of the molecule is CC(C)CN(CC(F)(F)F)C(=O)CN1CCN(c2nccs2)CC1. The topological polar surface area (TPSA) is 39.7 Å². The van der Waals surface area contributed by atoms with Crippen LogP contribution in [0.2, 0.25) is 0 Å². The Kier molecular flexibility index (Phi) is 6.45. The molecule has 1 aliphatic heterocycles. The summed E-state index contributed by atoms with van der Waals surface area (Å²) in [5, 5.41) is 2.85. The van der Waals surface area contributed by atoms with Crippen LogP contribution >= 0.6 is 11.3 Å². The number of carbonyl (C=O) groups is 1. The van der Waals surface area contributed by atoms with Crippen LogP contribution in [0, 0.1) is 5.92 Å². The molecule has 2 heterocycles. The maximum Gasteiger partial charge on any atom is 0.406 e. The van der Waals surface area contributed by atoms with Gasteiger partial charge in [-0.3, -0.25) is 9.69 Å². The number of alkyl halides is 3. The summed E-state index contributed by atoms with van der Waals surface area (Å²) < 4.78 is 38.1. The molecule has 0 radical (unpaired) electrons. The van der Waals surface area contributed by atoms with E-state index in [1.165, 1.54) is 0 Å². The highest BCUT2D eigenvalue weighted by Crippen LogP contribution is 2.20. The summed E-state index contributed by atoms with van der Waals surface area (Å²) in [6, 6.07) is 0. The zero-order chi connectivity index (χ0) is 17.7. The lowest BCUT2D eigenvalue weighted by Gasteiger charge is -2.35. The monoisotopic (exact) mass is 364 g/mol. The molecular formula is C15H23F3N4OS. The Morgan fingerprint density at radius 2 is 2.00 bits per heavy atom. The van der Waals surface area contributed by atoms with Crippen molar-refractivity contribution in [2.45, 2.75) is 20.0 Å². The number of hydrogen-bond acceptors (Lipinski definition) is 5. The van der Waals surface area contributed by atoms with Gasteiger partial charge in [-0.05, 0) is 5.92 Å². The first-order valence-electron chi connectivity index (χ1n) is 7.96. The van der Waals surface area contributed by atoms with Gasteiger partial charge in [-0.15, -0.1) is 11.3 Å². The fourth-order valence-corrected chi connectivity index (χ4v) is 3.37. The molecule has 1 amide bonds. The average Bonchev–Trinajstić information content (AvgIpc) is 2.99. The molecule has 0 unspecified atom stereocenters. The van der Waals surface area contributed by atoms with Crippen molar-refractivity contribution in [3.05, 3.63) is 11.6 Å².